The van der Waals surface area contributed by atoms with Crippen molar-refractivity contribution in [3.63, 3.8) is 0 Å². The Kier molecular flexibility index (Phi) is 3.40. The Balaban J connectivity index is 2.02. The summed E-state index contributed by atoms with van der Waals surface area (Å²) in [6, 6.07) is 5.27. The van der Waals surface area contributed by atoms with Gasteiger partial charge in [-0.1, -0.05) is 17.7 Å². The maximum atomic E-state index is 12.0. The summed E-state index contributed by atoms with van der Waals surface area (Å²) < 4.78 is 0. The summed E-state index contributed by atoms with van der Waals surface area (Å²) in [7, 11) is 0. The molecule has 1 aliphatic rings. The van der Waals surface area contributed by atoms with E-state index in [-0.39, 0.29) is 17.9 Å². The van der Waals surface area contributed by atoms with Crippen LogP contribution in [0.5, 0.6) is 0 Å². The van der Waals surface area contributed by atoms with Crippen molar-refractivity contribution in [3.8, 4) is 0 Å². The van der Waals surface area contributed by atoms with E-state index in [1.807, 2.05) is 13.0 Å². The molecule has 2 N–H and O–H groups in total. The van der Waals surface area contributed by atoms with E-state index in [1.165, 1.54) is 0 Å². The van der Waals surface area contributed by atoms with E-state index < -0.39 is 0 Å². The third-order valence-corrected chi connectivity index (χ3v) is 3.60. The van der Waals surface area contributed by atoms with E-state index in [2.05, 4.69) is 5.32 Å². The molecule has 4 heteroatoms. The first-order valence-electron chi connectivity index (χ1n) is 5.72. The first-order valence-corrected chi connectivity index (χ1v) is 6.09. The van der Waals surface area contributed by atoms with Crippen LogP contribution in [0.25, 0.3) is 0 Å². The van der Waals surface area contributed by atoms with Gasteiger partial charge >= 0.3 is 0 Å². The van der Waals surface area contributed by atoms with Crippen molar-refractivity contribution in [2.24, 2.45) is 5.41 Å². The number of halogens is 1. The van der Waals surface area contributed by atoms with Crippen LogP contribution in [-0.4, -0.2) is 24.2 Å². The Morgan fingerprint density at radius 2 is 2.24 bits per heavy atom. The first-order chi connectivity index (χ1) is 8.06. The van der Waals surface area contributed by atoms with Crippen molar-refractivity contribution in [2.45, 2.75) is 19.8 Å². The van der Waals surface area contributed by atoms with Crippen LogP contribution in [0.2, 0.25) is 5.02 Å². The predicted molar refractivity (Wildman–Crippen MR) is 67.3 cm³/mol. The molecule has 1 aromatic rings. The molecular weight excluding hydrogens is 238 g/mol. The molecule has 0 bridgehead atoms. The van der Waals surface area contributed by atoms with Crippen molar-refractivity contribution < 1.29 is 9.90 Å². The van der Waals surface area contributed by atoms with Crippen LogP contribution in [0.3, 0.4) is 0 Å². The summed E-state index contributed by atoms with van der Waals surface area (Å²) in [6.07, 6.45) is 1.97. The number of aliphatic hydroxyl groups is 1. The highest BCUT2D eigenvalue weighted by atomic mass is 35.5. The smallest absolute Gasteiger partial charge is 0.251 e. The highest BCUT2D eigenvalue weighted by molar-refractivity contribution is 6.31. The zero-order valence-electron chi connectivity index (χ0n) is 9.79. The summed E-state index contributed by atoms with van der Waals surface area (Å²) in [5, 5.41) is 12.6. The van der Waals surface area contributed by atoms with Gasteiger partial charge in [0.1, 0.15) is 0 Å². The molecule has 1 saturated carbocycles. The lowest BCUT2D eigenvalue weighted by atomic mass is 10.1. The number of benzene rings is 1. The second-order valence-corrected chi connectivity index (χ2v) is 5.24. The summed E-state index contributed by atoms with van der Waals surface area (Å²) in [5.74, 6) is -0.121. The Labute approximate surface area is 106 Å². The van der Waals surface area contributed by atoms with Crippen molar-refractivity contribution in [1.82, 2.24) is 5.32 Å². The molecule has 0 unspecified atom stereocenters. The molecule has 17 heavy (non-hydrogen) atoms. The van der Waals surface area contributed by atoms with E-state index in [0.717, 1.165) is 18.4 Å². The molecule has 3 nitrogen and oxygen atoms in total. The first kappa shape index (κ1) is 12.4. The van der Waals surface area contributed by atoms with Gasteiger partial charge in [-0.25, -0.2) is 0 Å². The fourth-order valence-corrected chi connectivity index (χ4v) is 1.94. The zero-order chi connectivity index (χ0) is 12.5. The number of aliphatic hydroxyl groups excluding tert-OH is 1. The molecule has 0 saturated heterocycles. The Bertz CT molecular complexity index is 441. The Morgan fingerprint density at radius 1 is 1.53 bits per heavy atom. The monoisotopic (exact) mass is 253 g/mol. The molecule has 0 aliphatic heterocycles. The van der Waals surface area contributed by atoms with Crippen molar-refractivity contribution >= 4 is 17.5 Å². The second kappa shape index (κ2) is 4.67. The molecule has 0 spiro atoms. The highest BCUT2D eigenvalue weighted by Crippen LogP contribution is 2.44. The number of rotatable bonds is 4. The number of hydrogen-bond acceptors (Lipinski definition) is 2. The van der Waals surface area contributed by atoms with Crippen LogP contribution in [0.4, 0.5) is 0 Å². The standard InChI is InChI=1S/C13H16ClNO2/c1-9-2-3-10(14)6-11(9)12(17)15-7-13(8-16)4-5-13/h2-3,6,16H,4-5,7-8H2,1H3,(H,15,17). The van der Waals surface area contributed by atoms with Crippen LogP contribution < -0.4 is 5.32 Å². The van der Waals surface area contributed by atoms with Gasteiger partial charge in [-0.15, -0.1) is 0 Å². The summed E-state index contributed by atoms with van der Waals surface area (Å²) in [5.41, 5.74) is 1.44. The van der Waals surface area contributed by atoms with Gasteiger partial charge in [0.2, 0.25) is 0 Å². The maximum absolute atomic E-state index is 12.0. The summed E-state index contributed by atoms with van der Waals surface area (Å²) >= 11 is 5.87. The minimum Gasteiger partial charge on any atom is -0.396 e. The van der Waals surface area contributed by atoms with E-state index in [4.69, 9.17) is 16.7 Å². The largest absolute Gasteiger partial charge is 0.396 e. The van der Waals surface area contributed by atoms with Gasteiger partial charge < -0.3 is 10.4 Å². The second-order valence-electron chi connectivity index (χ2n) is 4.80. The van der Waals surface area contributed by atoms with Gasteiger partial charge in [-0.05, 0) is 37.5 Å². The molecule has 1 aromatic carbocycles. The van der Waals surface area contributed by atoms with Crippen LogP contribution >= 0.6 is 11.6 Å². The molecule has 0 radical (unpaired) electrons. The van der Waals surface area contributed by atoms with E-state index in [0.29, 0.717) is 17.1 Å². The number of aryl methyl sites for hydroxylation is 1. The Morgan fingerprint density at radius 3 is 2.82 bits per heavy atom. The summed E-state index contributed by atoms with van der Waals surface area (Å²) in [6.45, 7) is 2.56. The van der Waals surface area contributed by atoms with Gasteiger partial charge in [0, 0.05) is 22.5 Å². The molecule has 1 aliphatic carbocycles. The van der Waals surface area contributed by atoms with E-state index in [1.54, 1.807) is 12.1 Å². The number of nitrogens with one attached hydrogen (secondary N) is 1. The van der Waals surface area contributed by atoms with Gasteiger partial charge in [-0.3, -0.25) is 4.79 Å². The molecule has 1 amide bonds. The molecular formula is C13H16ClNO2. The van der Waals surface area contributed by atoms with Gasteiger partial charge in [0.25, 0.3) is 5.91 Å². The van der Waals surface area contributed by atoms with Crippen molar-refractivity contribution in [1.29, 1.82) is 0 Å². The zero-order valence-corrected chi connectivity index (χ0v) is 10.5. The lowest BCUT2D eigenvalue weighted by molar-refractivity contribution is 0.0934. The maximum Gasteiger partial charge on any atom is 0.251 e. The number of carbonyl (C=O) groups excluding carboxylic acids is 1. The van der Waals surface area contributed by atoms with Gasteiger partial charge in [0.15, 0.2) is 0 Å². The highest BCUT2D eigenvalue weighted by Gasteiger charge is 2.42. The van der Waals surface area contributed by atoms with Crippen LogP contribution in [-0.2, 0) is 0 Å². The number of carbonyl (C=O) groups is 1. The minimum absolute atomic E-state index is 0.0673. The van der Waals surface area contributed by atoms with E-state index in [9.17, 15) is 4.79 Å². The predicted octanol–water partition coefficient (Wildman–Crippen LogP) is 2.15. The van der Waals surface area contributed by atoms with Crippen LogP contribution in [0.15, 0.2) is 18.2 Å². The normalized spacial score (nSPS) is 16.6. The SMILES string of the molecule is Cc1ccc(Cl)cc1C(=O)NCC1(CO)CC1. The van der Waals surface area contributed by atoms with Gasteiger partial charge in [0.05, 0.1) is 6.61 Å². The quantitative estimate of drug-likeness (QED) is 0.864. The Hall–Kier alpha value is -1.06. The third kappa shape index (κ3) is 2.79. The third-order valence-electron chi connectivity index (χ3n) is 3.36. The molecule has 1 fully saturated rings. The molecule has 92 valence electrons. The van der Waals surface area contributed by atoms with Crippen molar-refractivity contribution in [3.05, 3.63) is 34.3 Å². The van der Waals surface area contributed by atoms with Gasteiger partial charge in [-0.2, -0.15) is 0 Å². The fraction of sp³-hybridized carbons (Fsp3) is 0.462. The molecule has 0 atom stereocenters. The topological polar surface area (TPSA) is 49.3 Å². The average molecular weight is 254 g/mol. The molecule has 0 heterocycles. The number of hydrogen-bond donors (Lipinski definition) is 2. The fourth-order valence-electron chi connectivity index (χ4n) is 1.77. The van der Waals surface area contributed by atoms with Crippen LogP contribution in [0.1, 0.15) is 28.8 Å². The summed E-state index contributed by atoms with van der Waals surface area (Å²) in [4.78, 5) is 12.0. The minimum atomic E-state index is -0.121. The lowest BCUT2D eigenvalue weighted by Crippen LogP contribution is -2.32. The molecule has 2 rings (SSSR count). The van der Waals surface area contributed by atoms with Crippen LogP contribution in [0, 0.1) is 12.3 Å². The van der Waals surface area contributed by atoms with Crippen molar-refractivity contribution in [2.75, 3.05) is 13.2 Å². The van der Waals surface area contributed by atoms with E-state index >= 15 is 0 Å². The average Bonchev–Trinajstić information content (AvgIpc) is 3.10. The lowest BCUT2D eigenvalue weighted by Gasteiger charge is -2.13. The molecule has 0 aromatic heterocycles. The number of amides is 1.